The Kier molecular flexibility index (Phi) is 5.58. The fraction of sp³-hybridized carbons (Fsp3) is 0.143. The van der Waals surface area contributed by atoms with Gasteiger partial charge >= 0.3 is 0 Å². The molecule has 4 aromatic rings. The van der Waals surface area contributed by atoms with Gasteiger partial charge in [-0.15, -0.1) is 21.5 Å². The van der Waals surface area contributed by atoms with Gasteiger partial charge in [-0.05, 0) is 41.6 Å². The predicted octanol–water partition coefficient (Wildman–Crippen LogP) is 4.31. The zero-order chi connectivity index (χ0) is 21.2. The van der Waals surface area contributed by atoms with Gasteiger partial charge in [0.2, 0.25) is 0 Å². The number of H-pyrrole nitrogens is 1. The zero-order valence-corrected chi connectivity index (χ0v) is 18.6. The monoisotopic (exact) mass is 464 g/mol. The summed E-state index contributed by atoms with van der Waals surface area (Å²) in [6.07, 6.45) is 5.16. The SMILES string of the molecule is O=C1C(=Cc2cc(-c3cnc4ccccc4c3)cs2)SC(=S)N1CCCc1nn[nH]n1. The largest absolute Gasteiger partial charge is 0.293 e. The van der Waals surface area contributed by atoms with Crippen molar-refractivity contribution in [3.8, 4) is 11.1 Å². The van der Waals surface area contributed by atoms with E-state index >= 15 is 0 Å². The predicted molar refractivity (Wildman–Crippen MR) is 127 cm³/mol. The summed E-state index contributed by atoms with van der Waals surface area (Å²) in [6, 6.07) is 12.3. The summed E-state index contributed by atoms with van der Waals surface area (Å²) >= 11 is 8.37. The highest BCUT2D eigenvalue weighted by Gasteiger charge is 2.31. The van der Waals surface area contributed by atoms with Crippen molar-refractivity contribution in [3.63, 3.8) is 0 Å². The Hall–Kier alpha value is -2.95. The van der Waals surface area contributed by atoms with Crippen LogP contribution in [0.2, 0.25) is 0 Å². The number of aromatic amines is 1. The highest BCUT2D eigenvalue weighted by atomic mass is 32.2. The van der Waals surface area contributed by atoms with E-state index in [1.165, 1.54) is 11.8 Å². The lowest BCUT2D eigenvalue weighted by molar-refractivity contribution is -0.122. The van der Waals surface area contributed by atoms with Gasteiger partial charge in [0.15, 0.2) is 5.82 Å². The van der Waals surface area contributed by atoms with E-state index in [1.807, 2.05) is 30.5 Å². The molecule has 1 fully saturated rings. The second-order valence-electron chi connectivity index (χ2n) is 6.92. The number of nitrogens with zero attached hydrogens (tertiary/aromatic N) is 5. The van der Waals surface area contributed by atoms with Gasteiger partial charge in [-0.3, -0.25) is 14.7 Å². The number of benzene rings is 1. The molecule has 1 aliphatic heterocycles. The molecule has 7 nitrogen and oxygen atoms in total. The van der Waals surface area contributed by atoms with Crippen LogP contribution in [-0.4, -0.2) is 47.3 Å². The van der Waals surface area contributed by atoms with Crippen molar-refractivity contribution >= 4 is 62.5 Å². The third-order valence-electron chi connectivity index (χ3n) is 4.86. The van der Waals surface area contributed by atoms with Crippen LogP contribution < -0.4 is 0 Å². The first-order valence-corrected chi connectivity index (χ1v) is 11.7. The molecule has 0 spiro atoms. The maximum Gasteiger partial charge on any atom is 0.266 e. The lowest BCUT2D eigenvalue weighted by atomic mass is 10.1. The molecule has 1 amide bonds. The van der Waals surface area contributed by atoms with Crippen molar-refractivity contribution in [2.24, 2.45) is 0 Å². The molecule has 0 aliphatic carbocycles. The number of fused-ring (bicyclic) bond motifs is 1. The number of para-hydroxylation sites is 1. The number of thioether (sulfide) groups is 1. The molecule has 5 rings (SSSR count). The van der Waals surface area contributed by atoms with E-state index in [1.54, 1.807) is 16.2 Å². The number of aromatic nitrogens is 5. The second-order valence-corrected chi connectivity index (χ2v) is 9.54. The molecule has 1 saturated heterocycles. The number of amides is 1. The third kappa shape index (κ3) is 4.27. The van der Waals surface area contributed by atoms with E-state index in [-0.39, 0.29) is 5.91 Å². The summed E-state index contributed by atoms with van der Waals surface area (Å²) in [4.78, 5) is 20.7. The summed E-state index contributed by atoms with van der Waals surface area (Å²) in [5.74, 6) is 0.584. The van der Waals surface area contributed by atoms with Crippen molar-refractivity contribution in [3.05, 3.63) is 63.6 Å². The Morgan fingerprint density at radius 3 is 2.97 bits per heavy atom. The van der Waals surface area contributed by atoms with E-state index in [9.17, 15) is 4.79 Å². The number of rotatable bonds is 6. The molecule has 31 heavy (non-hydrogen) atoms. The minimum Gasteiger partial charge on any atom is -0.293 e. The van der Waals surface area contributed by atoms with Gasteiger partial charge in [-0.25, -0.2) is 0 Å². The summed E-state index contributed by atoms with van der Waals surface area (Å²) < 4.78 is 0.583. The number of pyridine rings is 1. The van der Waals surface area contributed by atoms with E-state index in [2.05, 4.69) is 49.2 Å². The van der Waals surface area contributed by atoms with Crippen LogP contribution in [0.5, 0.6) is 0 Å². The van der Waals surface area contributed by atoms with Crippen LogP contribution in [0.25, 0.3) is 28.1 Å². The van der Waals surface area contributed by atoms with E-state index in [0.717, 1.165) is 33.3 Å². The first kappa shape index (κ1) is 20.0. The van der Waals surface area contributed by atoms with Crippen LogP contribution in [0.1, 0.15) is 17.1 Å². The van der Waals surface area contributed by atoms with Crippen molar-refractivity contribution < 1.29 is 4.79 Å². The number of thiophene rings is 1. The third-order valence-corrected chi connectivity index (χ3v) is 7.12. The van der Waals surface area contributed by atoms with E-state index < -0.39 is 0 Å². The second kappa shape index (κ2) is 8.66. The molecule has 3 aromatic heterocycles. The minimum atomic E-state index is -0.0505. The quantitative estimate of drug-likeness (QED) is 0.336. The normalized spacial score (nSPS) is 15.5. The molecule has 4 heterocycles. The maximum atomic E-state index is 12.8. The van der Waals surface area contributed by atoms with Crippen molar-refractivity contribution in [2.75, 3.05) is 6.54 Å². The lowest BCUT2D eigenvalue weighted by Gasteiger charge is -2.13. The highest BCUT2D eigenvalue weighted by Crippen LogP contribution is 2.35. The zero-order valence-electron chi connectivity index (χ0n) is 16.2. The Morgan fingerprint density at radius 2 is 2.10 bits per heavy atom. The Balaban J connectivity index is 1.29. The van der Waals surface area contributed by atoms with Gasteiger partial charge in [0.1, 0.15) is 4.32 Å². The molecule has 0 radical (unpaired) electrons. The molecule has 0 saturated carbocycles. The standard InChI is InChI=1S/C21H16N6OS3/c28-20-18(31-21(29)27(20)7-3-6-19-23-25-26-24-19)10-16-9-15(12-30-16)14-8-13-4-1-2-5-17(13)22-11-14/h1-2,4-5,8-12H,3,6-7H2,(H,23,24,25,26). The maximum absolute atomic E-state index is 12.8. The number of carbonyl (C=O) groups excluding carboxylic acids is 1. The van der Waals surface area contributed by atoms with Gasteiger partial charge < -0.3 is 0 Å². The van der Waals surface area contributed by atoms with Gasteiger partial charge in [0.25, 0.3) is 5.91 Å². The summed E-state index contributed by atoms with van der Waals surface area (Å²) in [6.45, 7) is 0.537. The van der Waals surface area contributed by atoms with E-state index in [4.69, 9.17) is 12.2 Å². The van der Waals surface area contributed by atoms with Crippen molar-refractivity contribution in [1.29, 1.82) is 0 Å². The number of tetrazole rings is 1. The molecule has 1 aliphatic rings. The highest BCUT2D eigenvalue weighted by molar-refractivity contribution is 8.26. The minimum absolute atomic E-state index is 0.0505. The summed E-state index contributed by atoms with van der Waals surface area (Å²) in [7, 11) is 0. The Labute approximate surface area is 191 Å². The molecular weight excluding hydrogens is 448 g/mol. The van der Waals surface area contributed by atoms with Crippen LogP contribution >= 0.6 is 35.3 Å². The van der Waals surface area contributed by atoms with Crippen molar-refractivity contribution in [1.82, 2.24) is 30.5 Å². The Bertz CT molecular complexity index is 1300. The molecule has 1 aromatic carbocycles. The molecule has 10 heteroatoms. The van der Waals surface area contributed by atoms with E-state index in [0.29, 0.717) is 28.0 Å². The smallest absolute Gasteiger partial charge is 0.266 e. The number of carbonyl (C=O) groups is 1. The molecule has 1 N–H and O–H groups in total. The topological polar surface area (TPSA) is 87.7 Å². The molecule has 154 valence electrons. The lowest BCUT2D eigenvalue weighted by Crippen LogP contribution is -2.29. The fourth-order valence-electron chi connectivity index (χ4n) is 3.31. The average molecular weight is 465 g/mol. The van der Waals surface area contributed by atoms with Gasteiger partial charge in [0, 0.05) is 35.0 Å². The van der Waals surface area contributed by atoms with Crippen LogP contribution in [0.4, 0.5) is 0 Å². The first-order valence-electron chi connectivity index (χ1n) is 9.59. The van der Waals surface area contributed by atoms with Crippen LogP contribution in [0, 0.1) is 0 Å². The van der Waals surface area contributed by atoms with Gasteiger partial charge in [-0.1, -0.05) is 47.4 Å². The van der Waals surface area contributed by atoms with Crippen LogP contribution in [0.15, 0.2) is 52.9 Å². The number of thiocarbonyl (C=S) groups is 1. The number of aryl methyl sites for hydroxylation is 1. The summed E-state index contributed by atoms with van der Waals surface area (Å²) in [5, 5.41) is 17.0. The molecular formula is C21H16N6OS3. The molecule has 0 unspecified atom stereocenters. The van der Waals surface area contributed by atoms with Crippen LogP contribution in [0.3, 0.4) is 0 Å². The summed E-state index contributed by atoms with van der Waals surface area (Å²) in [5.41, 5.74) is 3.12. The van der Waals surface area contributed by atoms with Gasteiger partial charge in [-0.2, -0.15) is 5.21 Å². The Morgan fingerprint density at radius 1 is 1.19 bits per heavy atom. The van der Waals surface area contributed by atoms with Crippen molar-refractivity contribution in [2.45, 2.75) is 12.8 Å². The molecule has 0 bridgehead atoms. The number of nitrogens with one attached hydrogen (secondary N) is 1. The first-order chi connectivity index (χ1) is 15.2. The average Bonchev–Trinajstić information content (AvgIpc) is 3.52. The van der Waals surface area contributed by atoms with Crippen LogP contribution in [-0.2, 0) is 11.2 Å². The molecule has 0 atom stereocenters. The number of hydrogen-bond acceptors (Lipinski definition) is 8. The van der Waals surface area contributed by atoms with Gasteiger partial charge in [0.05, 0.1) is 10.4 Å². The number of hydrogen-bond donors (Lipinski definition) is 1. The fourth-order valence-corrected chi connectivity index (χ4v) is 5.54.